The second-order valence-corrected chi connectivity index (χ2v) is 6.32. The van der Waals surface area contributed by atoms with Crippen molar-refractivity contribution in [3.63, 3.8) is 0 Å². The highest BCUT2D eigenvalue weighted by atomic mass is 19.3. The molecule has 1 heterocycles. The molecule has 0 saturated carbocycles. The van der Waals surface area contributed by atoms with Crippen LogP contribution in [0, 0.1) is 0 Å². The molecule has 4 heteroatoms. The number of hydrogen-bond acceptors (Lipinski definition) is 2. The van der Waals surface area contributed by atoms with Crippen molar-refractivity contribution in [1.29, 1.82) is 0 Å². The van der Waals surface area contributed by atoms with Gasteiger partial charge in [0.2, 0.25) is 0 Å². The summed E-state index contributed by atoms with van der Waals surface area (Å²) in [5.74, 6) is 0. The average molecular weight is 314 g/mol. The van der Waals surface area contributed by atoms with Gasteiger partial charge in [-0.15, -0.1) is 0 Å². The molecule has 0 spiro atoms. The van der Waals surface area contributed by atoms with Gasteiger partial charge < -0.3 is 5.32 Å². The molecule has 0 amide bonds. The fourth-order valence-corrected chi connectivity index (χ4v) is 3.82. The molecule has 120 valence electrons. The van der Waals surface area contributed by atoms with Gasteiger partial charge in [-0.1, -0.05) is 42.5 Å². The lowest BCUT2D eigenvalue weighted by molar-refractivity contribution is 0.0181. The van der Waals surface area contributed by atoms with Gasteiger partial charge in [-0.2, -0.15) is 0 Å². The quantitative estimate of drug-likeness (QED) is 0.796. The molecule has 0 radical (unpaired) electrons. The lowest BCUT2D eigenvalue weighted by atomic mass is 9.98. The molecule has 1 aliphatic carbocycles. The van der Waals surface area contributed by atoms with Crippen LogP contribution in [0.4, 0.5) is 8.78 Å². The number of rotatable bonds is 3. The third-order valence-corrected chi connectivity index (χ3v) is 4.94. The number of nitrogens with one attached hydrogen (secondary N) is 1. The van der Waals surface area contributed by atoms with Gasteiger partial charge >= 0.3 is 0 Å². The molecule has 0 unspecified atom stereocenters. The summed E-state index contributed by atoms with van der Waals surface area (Å²) in [7, 11) is 0. The highest BCUT2D eigenvalue weighted by Crippen LogP contribution is 2.39. The maximum Gasteiger partial charge on any atom is 0.258 e. The van der Waals surface area contributed by atoms with Crippen molar-refractivity contribution >= 4 is 0 Å². The second-order valence-electron chi connectivity index (χ2n) is 6.32. The molecule has 1 N–H and O–H groups in total. The van der Waals surface area contributed by atoms with Crippen LogP contribution in [0.5, 0.6) is 0 Å². The van der Waals surface area contributed by atoms with Crippen LogP contribution in [-0.4, -0.2) is 37.5 Å². The SMILES string of the molecule is FC(F)[C@@H](c1ccc2c(c1)Cc1ccccc1-2)N1CCNCC1. The van der Waals surface area contributed by atoms with Gasteiger partial charge in [0.15, 0.2) is 0 Å². The largest absolute Gasteiger partial charge is 0.314 e. The number of piperazine rings is 1. The van der Waals surface area contributed by atoms with E-state index in [4.69, 9.17) is 0 Å². The van der Waals surface area contributed by atoms with Crippen molar-refractivity contribution in [2.24, 2.45) is 0 Å². The van der Waals surface area contributed by atoms with Gasteiger partial charge in [-0.25, -0.2) is 8.78 Å². The van der Waals surface area contributed by atoms with E-state index < -0.39 is 12.5 Å². The standard InChI is InChI=1S/C19H20F2N2/c20-19(21)18(23-9-7-22-8-10-23)14-5-6-17-15(12-14)11-13-3-1-2-4-16(13)17/h1-6,12,18-19,22H,7-11H2/t18-/m1/s1. The normalized spacial score (nSPS) is 18.7. The summed E-state index contributed by atoms with van der Waals surface area (Å²) >= 11 is 0. The summed E-state index contributed by atoms with van der Waals surface area (Å²) < 4.78 is 27.4. The minimum absolute atomic E-state index is 0.673. The predicted molar refractivity (Wildman–Crippen MR) is 87.9 cm³/mol. The third-order valence-electron chi connectivity index (χ3n) is 4.94. The molecule has 0 aromatic heterocycles. The van der Waals surface area contributed by atoms with Crippen molar-refractivity contribution in [1.82, 2.24) is 10.2 Å². The molecule has 2 aliphatic rings. The Bertz CT molecular complexity index is 708. The summed E-state index contributed by atoms with van der Waals surface area (Å²) in [6.07, 6.45) is -1.52. The van der Waals surface area contributed by atoms with Crippen LogP contribution in [0.1, 0.15) is 22.7 Å². The van der Waals surface area contributed by atoms with Gasteiger partial charge in [-0.3, -0.25) is 4.90 Å². The topological polar surface area (TPSA) is 15.3 Å². The minimum Gasteiger partial charge on any atom is -0.314 e. The maximum atomic E-state index is 13.7. The van der Waals surface area contributed by atoms with Crippen molar-refractivity contribution < 1.29 is 8.78 Å². The van der Waals surface area contributed by atoms with Crippen LogP contribution in [-0.2, 0) is 6.42 Å². The van der Waals surface area contributed by atoms with E-state index in [1.54, 1.807) is 0 Å². The molecule has 2 aromatic rings. The highest BCUT2D eigenvalue weighted by Gasteiger charge is 2.31. The van der Waals surface area contributed by atoms with Gasteiger partial charge in [0.25, 0.3) is 6.43 Å². The first-order valence-electron chi connectivity index (χ1n) is 8.18. The summed E-state index contributed by atoms with van der Waals surface area (Å²) in [6.45, 7) is 2.90. The Labute approximate surface area is 135 Å². The average Bonchev–Trinajstić information content (AvgIpc) is 2.93. The first kappa shape index (κ1) is 14.8. The number of hydrogen-bond donors (Lipinski definition) is 1. The van der Waals surface area contributed by atoms with Crippen molar-refractivity contribution in [2.75, 3.05) is 26.2 Å². The van der Waals surface area contributed by atoms with Crippen molar-refractivity contribution in [3.05, 3.63) is 59.2 Å². The van der Waals surface area contributed by atoms with Crippen LogP contribution in [0.2, 0.25) is 0 Å². The first-order valence-corrected chi connectivity index (χ1v) is 8.18. The highest BCUT2D eigenvalue weighted by molar-refractivity contribution is 5.77. The Morgan fingerprint density at radius 1 is 0.913 bits per heavy atom. The molecule has 2 nitrogen and oxygen atoms in total. The molecule has 4 rings (SSSR count). The fraction of sp³-hybridized carbons (Fsp3) is 0.368. The molecule has 23 heavy (non-hydrogen) atoms. The van der Waals surface area contributed by atoms with E-state index in [2.05, 4.69) is 17.4 Å². The zero-order chi connectivity index (χ0) is 15.8. The van der Waals surface area contributed by atoms with E-state index in [0.29, 0.717) is 13.1 Å². The van der Waals surface area contributed by atoms with E-state index in [1.165, 1.54) is 22.3 Å². The Morgan fingerprint density at radius 3 is 2.43 bits per heavy atom. The van der Waals surface area contributed by atoms with E-state index in [9.17, 15) is 8.78 Å². The Balaban J connectivity index is 1.68. The molecule has 1 atom stereocenters. The number of fused-ring (bicyclic) bond motifs is 3. The van der Waals surface area contributed by atoms with Gasteiger partial charge in [0.1, 0.15) is 0 Å². The molecule has 1 saturated heterocycles. The molecule has 1 fully saturated rings. The third kappa shape index (κ3) is 2.66. The summed E-state index contributed by atoms with van der Waals surface area (Å²) in [4.78, 5) is 1.91. The molecule has 0 bridgehead atoms. The van der Waals surface area contributed by atoms with Crippen LogP contribution in [0.15, 0.2) is 42.5 Å². The Hall–Kier alpha value is -1.78. The minimum atomic E-state index is -2.37. The number of benzene rings is 2. The monoisotopic (exact) mass is 314 g/mol. The predicted octanol–water partition coefficient (Wildman–Crippen LogP) is 3.47. The molecular formula is C19H20F2N2. The fourth-order valence-electron chi connectivity index (χ4n) is 3.82. The van der Waals surface area contributed by atoms with E-state index in [0.717, 1.165) is 25.1 Å². The molecular weight excluding hydrogens is 294 g/mol. The number of alkyl halides is 2. The Morgan fingerprint density at radius 2 is 1.65 bits per heavy atom. The van der Waals surface area contributed by atoms with Crippen LogP contribution >= 0.6 is 0 Å². The number of nitrogens with zero attached hydrogens (tertiary/aromatic N) is 1. The van der Waals surface area contributed by atoms with Crippen molar-refractivity contribution in [2.45, 2.75) is 18.9 Å². The smallest absolute Gasteiger partial charge is 0.258 e. The van der Waals surface area contributed by atoms with Crippen molar-refractivity contribution in [3.8, 4) is 11.1 Å². The molecule has 2 aromatic carbocycles. The number of halogens is 2. The lowest BCUT2D eigenvalue weighted by Gasteiger charge is -2.34. The Kier molecular flexibility index (Phi) is 3.87. The van der Waals surface area contributed by atoms with Crippen LogP contribution in [0.25, 0.3) is 11.1 Å². The summed E-state index contributed by atoms with van der Waals surface area (Å²) in [5.41, 5.74) is 5.64. The van der Waals surface area contributed by atoms with E-state index >= 15 is 0 Å². The van der Waals surface area contributed by atoms with Gasteiger partial charge in [0.05, 0.1) is 6.04 Å². The van der Waals surface area contributed by atoms with Gasteiger partial charge in [0, 0.05) is 26.2 Å². The lowest BCUT2D eigenvalue weighted by Crippen LogP contribution is -2.46. The molecule has 1 aliphatic heterocycles. The van der Waals surface area contributed by atoms with Crippen LogP contribution in [0.3, 0.4) is 0 Å². The summed E-state index contributed by atoms with van der Waals surface area (Å²) in [5, 5.41) is 3.23. The maximum absolute atomic E-state index is 13.7. The van der Waals surface area contributed by atoms with Gasteiger partial charge in [-0.05, 0) is 34.2 Å². The first-order chi connectivity index (χ1) is 11.2. The zero-order valence-corrected chi connectivity index (χ0v) is 12.9. The summed E-state index contributed by atoms with van der Waals surface area (Å²) in [6, 6.07) is 13.4. The zero-order valence-electron chi connectivity index (χ0n) is 12.9. The van der Waals surface area contributed by atoms with E-state index in [1.807, 2.05) is 35.2 Å². The van der Waals surface area contributed by atoms with E-state index in [-0.39, 0.29) is 0 Å². The van der Waals surface area contributed by atoms with Crippen LogP contribution < -0.4 is 5.32 Å². The second kappa shape index (κ2) is 6.02.